The first-order chi connectivity index (χ1) is 11.4. The molecule has 8 heteroatoms. The van der Waals surface area contributed by atoms with E-state index >= 15 is 0 Å². The van der Waals surface area contributed by atoms with E-state index in [-0.39, 0.29) is 24.6 Å². The lowest BCUT2D eigenvalue weighted by atomic mass is 10.1. The molecule has 1 heterocycles. The highest BCUT2D eigenvalue weighted by Crippen LogP contribution is 2.30. The minimum atomic E-state index is -3.71. The van der Waals surface area contributed by atoms with E-state index < -0.39 is 21.9 Å². The van der Waals surface area contributed by atoms with Crippen molar-refractivity contribution >= 4 is 33.2 Å². The van der Waals surface area contributed by atoms with Crippen LogP contribution in [0.1, 0.15) is 11.7 Å². The molecule has 0 radical (unpaired) electrons. The van der Waals surface area contributed by atoms with Crippen LogP contribution in [0.15, 0.2) is 47.4 Å². The third-order valence-electron chi connectivity index (χ3n) is 3.80. The van der Waals surface area contributed by atoms with E-state index in [0.717, 1.165) is 17.7 Å². The van der Waals surface area contributed by atoms with Crippen LogP contribution < -0.4 is 0 Å². The Bertz CT molecular complexity index is 843. The monoisotopic (exact) mass is 389 g/mol. The number of ether oxygens (including phenoxy) is 1. The zero-order valence-corrected chi connectivity index (χ0v) is 14.8. The molecule has 2 aromatic carbocycles. The van der Waals surface area contributed by atoms with Crippen LogP contribution in [0.25, 0.3) is 0 Å². The molecule has 24 heavy (non-hydrogen) atoms. The molecule has 1 aliphatic heterocycles. The predicted molar refractivity (Wildman–Crippen MR) is 90.3 cm³/mol. The fourth-order valence-corrected chi connectivity index (χ4v) is 4.25. The van der Waals surface area contributed by atoms with E-state index in [1.165, 1.54) is 16.4 Å². The summed E-state index contributed by atoms with van der Waals surface area (Å²) in [6.45, 7) is 0.639. The Morgan fingerprint density at radius 1 is 1.08 bits per heavy atom. The van der Waals surface area contributed by atoms with Gasteiger partial charge in [0.25, 0.3) is 0 Å². The molecule has 1 saturated heterocycles. The number of hydrogen-bond acceptors (Lipinski definition) is 3. The van der Waals surface area contributed by atoms with Crippen molar-refractivity contribution in [2.45, 2.75) is 11.0 Å². The number of hydrogen-bond donors (Lipinski definition) is 0. The van der Waals surface area contributed by atoms with Gasteiger partial charge in [-0.3, -0.25) is 0 Å². The SMILES string of the molecule is O=S(=O)(c1ccc(F)cc1)N1CCOC(c2ccc(Cl)c(Cl)c2)C1. The number of rotatable bonds is 3. The van der Waals surface area contributed by atoms with E-state index in [1.54, 1.807) is 18.2 Å². The molecule has 4 nitrogen and oxygen atoms in total. The number of morpholine rings is 1. The van der Waals surface area contributed by atoms with Gasteiger partial charge in [-0.05, 0) is 42.0 Å². The summed E-state index contributed by atoms with van der Waals surface area (Å²) in [7, 11) is -3.71. The molecule has 1 fully saturated rings. The molecule has 1 atom stereocenters. The zero-order chi connectivity index (χ0) is 17.3. The van der Waals surface area contributed by atoms with Crippen LogP contribution in [0.2, 0.25) is 10.0 Å². The first-order valence-corrected chi connectivity index (χ1v) is 9.40. The molecule has 0 aliphatic carbocycles. The van der Waals surface area contributed by atoms with Crippen molar-refractivity contribution in [2.24, 2.45) is 0 Å². The topological polar surface area (TPSA) is 46.6 Å². The highest BCUT2D eigenvalue weighted by atomic mass is 35.5. The summed E-state index contributed by atoms with van der Waals surface area (Å²) < 4.78 is 45.4. The Morgan fingerprint density at radius 2 is 1.79 bits per heavy atom. The van der Waals surface area contributed by atoms with Crippen LogP contribution in [0, 0.1) is 5.82 Å². The third kappa shape index (κ3) is 3.58. The molecule has 0 saturated carbocycles. The molecule has 128 valence electrons. The average Bonchev–Trinajstić information content (AvgIpc) is 2.58. The summed E-state index contributed by atoms with van der Waals surface area (Å²) in [4.78, 5) is 0.0543. The van der Waals surface area contributed by atoms with Gasteiger partial charge in [-0.1, -0.05) is 29.3 Å². The van der Waals surface area contributed by atoms with Crippen LogP contribution in [0.4, 0.5) is 4.39 Å². The van der Waals surface area contributed by atoms with E-state index in [2.05, 4.69) is 0 Å². The Balaban J connectivity index is 1.84. The van der Waals surface area contributed by atoms with Crippen molar-refractivity contribution in [1.29, 1.82) is 0 Å². The number of halogens is 3. The molecule has 2 aromatic rings. The van der Waals surface area contributed by atoms with Gasteiger partial charge < -0.3 is 4.74 Å². The summed E-state index contributed by atoms with van der Waals surface area (Å²) in [5, 5.41) is 0.809. The Morgan fingerprint density at radius 3 is 2.46 bits per heavy atom. The van der Waals surface area contributed by atoms with Crippen molar-refractivity contribution < 1.29 is 17.5 Å². The summed E-state index contributed by atoms with van der Waals surface area (Å²) >= 11 is 11.9. The summed E-state index contributed by atoms with van der Waals surface area (Å²) in [6.07, 6.45) is -0.441. The van der Waals surface area contributed by atoms with Crippen molar-refractivity contribution in [1.82, 2.24) is 4.31 Å². The number of nitrogens with zero attached hydrogens (tertiary/aromatic N) is 1. The molecular formula is C16H14Cl2FNO3S. The number of benzene rings is 2. The van der Waals surface area contributed by atoms with E-state index in [4.69, 9.17) is 27.9 Å². The molecule has 0 N–H and O–H groups in total. The van der Waals surface area contributed by atoms with Gasteiger partial charge in [0.1, 0.15) is 5.82 Å². The normalized spacial score (nSPS) is 19.4. The molecule has 3 rings (SSSR count). The van der Waals surface area contributed by atoms with Crippen LogP contribution in [0.3, 0.4) is 0 Å². The van der Waals surface area contributed by atoms with Gasteiger partial charge in [0.2, 0.25) is 10.0 Å². The average molecular weight is 390 g/mol. The second-order valence-corrected chi connectivity index (χ2v) is 8.10. The quantitative estimate of drug-likeness (QED) is 0.799. The first-order valence-electron chi connectivity index (χ1n) is 7.20. The molecule has 0 aromatic heterocycles. The van der Waals surface area contributed by atoms with Gasteiger partial charge in [-0.2, -0.15) is 4.31 Å². The maximum absolute atomic E-state index is 13.0. The standard InChI is InChI=1S/C16H14Cl2FNO3S/c17-14-6-1-11(9-15(14)18)16-10-20(7-8-23-16)24(21,22)13-4-2-12(19)3-5-13/h1-6,9,16H,7-8,10H2. The smallest absolute Gasteiger partial charge is 0.243 e. The van der Waals surface area contributed by atoms with Crippen molar-refractivity contribution in [3.8, 4) is 0 Å². The maximum atomic E-state index is 13.0. The van der Waals surface area contributed by atoms with Crippen molar-refractivity contribution in [2.75, 3.05) is 19.7 Å². The van der Waals surface area contributed by atoms with Crippen LogP contribution >= 0.6 is 23.2 Å². The van der Waals surface area contributed by atoms with Gasteiger partial charge in [0, 0.05) is 13.1 Å². The highest BCUT2D eigenvalue weighted by Gasteiger charge is 2.31. The lowest BCUT2D eigenvalue weighted by Crippen LogP contribution is -2.42. The summed E-state index contributed by atoms with van der Waals surface area (Å²) in [6, 6.07) is 9.85. The van der Waals surface area contributed by atoms with Gasteiger partial charge >= 0.3 is 0 Å². The summed E-state index contributed by atoms with van der Waals surface area (Å²) in [5.74, 6) is -0.482. The third-order valence-corrected chi connectivity index (χ3v) is 6.41. The van der Waals surface area contributed by atoms with E-state index in [9.17, 15) is 12.8 Å². The second kappa shape index (κ2) is 6.98. The molecule has 1 aliphatic rings. The van der Waals surface area contributed by atoms with Crippen LogP contribution in [0.5, 0.6) is 0 Å². The molecular weight excluding hydrogens is 376 g/mol. The lowest BCUT2D eigenvalue weighted by Gasteiger charge is -2.32. The molecule has 0 bridgehead atoms. The minimum absolute atomic E-state index is 0.0543. The van der Waals surface area contributed by atoms with Gasteiger partial charge in [0.05, 0.1) is 27.7 Å². The highest BCUT2D eigenvalue weighted by molar-refractivity contribution is 7.89. The summed E-state index contributed by atoms with van der Waals surface area (Å²) in [5.41, 5.74) is 0.753. The molecule has 1 unspecified atom stereocenters. The first kappa shape index (κ1) is 17.6. The van der Waals surface area contributed by atoms with E-state index in [1.807, 2.05) is 0 Å². The van der Waals surface area contributed by atoms with Crippen LogP contribution in [-0.4, -0.2) is 32.4 Å². The second-order valence-electron chi connectivity index (χ2n) is 5.35. The van der Waals surface area contributed by atoms with Gasteiger partial charge in [-0.15, -0.1) is 0 Å². The van der Waals surface area contributed by atoms with E-state index in [0.29, 0.717) is 10.0 Å². The van der Waals surface area contributed by atoms with Crippen LogP contribution in [-0.2, 0) is 14.8 Å². The number of sulfonamides is 1. The fourth-order valence-electron chi connectivity index (χ4n) is 2.51. The van der Waals surface area contributed by atoms with Crippen molar-refractivity contribution in [3.63, 3.8) is 0 Å². The Labute approximate surface area is 149 Å². The predicted octanol–water partition coefficient (Wildman–Crippen LogP) is 3.89. The minimum Gasteiger partial charge on any atom is -0.371 e. The Hall–Kier alpha value is -1.18. The fraction of sp³-hybridized carbons (Fsp3) is 0.250. The molecule has 0 spiro atoms. The lowest BCUT2D eigenvalue weighted by molar-refractivity contribution is -0.00255. The van der Waals surface area contributed by atoms with Crippen molar-refractivity contribution in [3.05, 3.63) is 63.9 Å². The van der Waals surface area contributed by atoms with Gasteiger partial charge in [-0.25, -0.2) is 12.8 Å². The van der Waals surface area contributed by atoms with Gasteiger partial charge in [0.15, 0.2) is 0 Å². The Kier molecular flexibility index (Phi) is 5.13. The molecule has 0 amide bonds. The maximum Gasteiger partial charge on any atom is 0.243 e. The zero-order valence-electron chi connectivity index (χ0n) is 12.5. The largest absolute Gasteiger partial charge is 0.371 e.